The fourth-order valence-corrected chi connectivity index (χ4v) is 5.83. The van der Waals surface area contributed by atoms with Gasteiger partial charge in [-0.25, -0.2) is 0 Å². The normalized spacial score (nSPS) is 20.2. The van der Waals surface area contributed by atoms with E-state index in [1.807, 2.05) is 17.9 Å². The fraction of sp³-hybridized carbons (Fsp3) is 0.435. The second-order valence-corrected chi connectivity index (χ2v) is 10.0. The van der Waals surface area contributed by atoms with Gasteiger partial charge in [0.05, 0.1) is 28.0 Å². The molecule has 2 aromatic rings. The highest BCUT2D eigenvalue weighted by atomic mass is 32.1. The minimum absolute atomic E-state index is 0.124. The minimum Gasteiger partial charge on any atom is -0.371 e. The Hall–Kier alpha value is -3.06. The first-order valence-corrected chi connectivity index (χ1v) is 11.4. The maximum Gasteiger partial charge on any atom is 0.417 e. The van der Waals surface area contributed by atoms with Gasteiger partial charge in [-0.05, 0) is 50.1 Å². The summed E-state index contributed by atoms with van der Waals surface area (Å²) < 4.78 is 40.1. The molecule has 174 valence electrons. The summed E-state index contributed by atoms with van der Waals surface area (Å²) in [7, 11) is 0. The molecule has 1 aromatic heterocycles. The summed E-state index contributed by atoms with van der Waals surface area (Å²) in [5, 5.41) is 9.02. The van der Waals surface area contributed by atoms with Crippen LogP contribution in [0.4, 0.5) is 18.9 Å². The lowest BCUT2D eigenvalue weighted by Gasteiger charge is -2.42. The standard InChI is InChI=1S/C23H23F3N4O2S/c1-14-2-5-19(33-14)21(32)30-12-18(20(28)31)22(13-30)6-8-29(9-7-22)16-4-3-15(11-27)17(10-16)23(24,25)26/h2-5,10,18H,6-9,12-13H2,1H3,(H2,28,31). The van der Waals surface area contributed by atoms with E-state index in [4.69, 9.17) is 11.0 Å². The highest BCUT2D eigenvalue weighted by Crippen LogP contribution is 2.46. The molecule has 0 bridgehead atoms. The van der Waals surface area contributed by atoms with Crippen LogP contribution in [0.15, 0.2) is 30.3 Å². The summed E-state index contributed by atoms with van der Waals surface area (Å²) in [6, 6.07) is 8.95. The molecule has 2 saturated heterocycles. The Labute approximate surface area is 193 Å². The third-order valence-electron chi connectivity index (χ3n) is 6.78. The van der Waals surface area contributed by atoms with Crippen LogP contribution in [0.25, 0.3) is 0 Å². The molecular weight excluding hydrogens is 453 g/mol. The number of amides is 2. The molecule has 4 rings (SSSR count). The van der Waals surface area contributed by atoms with Gasteiger partial charge in [0.2, 0.25) is 5.91 Å². The third-order valence-corrected chi connectivity index (χ3v) is 7.77. The van der Waals surface area contributed by atoms with E-state index in [9.17, 15) is 22.8 Å². The van der Waals surface area contributed by atoms with Gasteiger partial charge in [-0.3, -0.25) is 9.59 Å². The number of carbonyl (C=O) groups excluding carboxylic acids is 2. The zero-order valence-electron chi connectivity index (χ0n) is 18.0. The molecule has 0 saturated carbocycles. The van der Waals surface area contributed by atoms with Gasteiger partial charge < -0.3 is 15.5 Å². The number of likely N-dealkylation sites (tertiary alicyclic amines) is 1. The highest BCUT2D eigenvalue weighted by Gasteiger charge is 2.52. The summed E-state index contributed by atoms with van der Waals surface area (Å²) in [4.78, 5) is 30.4. The Kier molecular flexibility index (Phi) is 5.86. The molecule has 33 heavy (non-hydrogen) atoms. The lowest BCUT2D eigenvalue weighted by Crippen LogP contribution is -2.47. The van der Waals surface area contributed by atoms with E-state index in [-0.39, 0.29) is 12.5 Å². The topological polar surface area (TPSA) is 90.4 Å². The summed E-state index contributed by atoms with van der Waals surface area (Å²) >= 11 is 1.40. The van der Waals surface area contributed by atoms with Crippen LogP contribution >= 0.6 is 11.3 Å². The summed E-state index contributed by atoms with van der Waals surface area (Å²) in [5.41, 5.74) is 4.22. The molecule has 1 spiro atoms. The molecule has 2 N–H and O–H groups in total. The molecule has 2 amide bonds. The van der Waals surface area contributed by atoms with Crippen molar-refractivity contribution in [1.82, 2.24) is 4.90 Å². The molecule has 1 unspecified atom stereocenters. The summed E-state index contributed by atoms with van der Waals surface area (Å²) in [6.45, 7) is 3.41. The second kappa shape index (κ2) is 8.37. The van der Waals surface area contributed by atoms with Gasteiger partial charge in [0.15, 0.2) is 0 Å². The molecule has 2 aliphatic heterocycles. The van der Waals surface area contributed by atoms with Crippen LogP contribution in [-0.4, -0.2) is 42.9 Å². The van der Waals surface area contributed by atoms with Crippen LogP contribution < -0.4 is 10.6 Å². The zero-order chi connectivity index (χ0) is 24.0. The van der Waals surface area contributed by atoms with Crippen molar-refractivity contribution in [2.75, 3.05) is 31.1 Å². The molecule has 2 aliphatic rings. The second-order valence-electron chi connectivity index (χ2n) is 8.74. The first kappa shape index (κ1) is 23.1. The van der Waals surface area contributed by atoms with E-state index in [0.717, 1.165) is 10.9 Å². The van der Waals surface area contributed by atoms with Crippen LogP contribution in [0.1, 0.15) is 38.5 Å². The Balaban J connectivity index is 1.53. The number of nitrogens with zero attached hydrogens (tertiary/aromatic N) is 3. The lowest BCUT2D eigenvalue weighted by molar-refractivity contribution is -0.137. The first-order valence-electron chi connectivity index (χ1n) is 10.6. The number of thiophene rings is 1. The van der Waals surface area contributed by atoms with Crippen LogP contribution in [0, 0.1) is 29.6 Å². The van der Waals surface area contributed by atoms with E-state index in [2.05, 4.69) is 0 Å². The molecule has 6 nitrogen and oxygen atoms in total. The number of alkyl halides is 3. The molecular formula is C23H23F3N4O2S. The smallest absolute Gasteiger partial charge is 0.371 e. The average Bonchev–Trinajstić information content (AvgIpc) is 3.37. The molecule has 1 atom stereocenters. The Morgan fingerprint density at radius 3 is 2.45 bits per heavy atom. The number of carbonyl (C=O) groups is 2. The molecule has 0 aliphatic carbocycles. The van der Waals surface area contributed by atoms with Crippen LogP contribution in [-0.2, 0) is 11.0 Å². The summed E-state index contributed by atoms with van der Waals surface area (Å²) in [6.07, 6.45) is -3.58. The molecule has 1 aromatic carbocycles. The number of primary amides is 1. The van der Waals surface area contributed by atoms with Gasteiger partial charge in [0, 0.05) is 42.2 Å². The average molecular weight is 477 g/mol. The fourth-order valence-electron chi connectivity index (χ4n) is 5.00. The molecule has 2 fully saturated rings. The number of benzene rings is 1. The van der Waals surface area contributed by atoms with Crippen molar-refractivity contribution in [3.8, 4) is 6.07 Å². The number of aryl methyl sites for hydroxylation is 1. The molecule has 3 heterocycles. The minimum atomic E-state index is -4.62. The Morgan fingerprint density at radius 1 is 1.21 bits per heavy atom. The van der Waals surface area contributed by atoms with Gasteiger partial charge in [-0.1, -0.05) is 0 Å². The van der Waals surface area contributed by atoms with Crippen molar-refractivity contribution in [3.63, 3.8) is 0 Å². The van der Waals surface area contributed by atoms with Gasteiger partial charge in [0.25, 0.3) is 5.91 Å². The van der Waals surface area contributed by atoms with Crippen molar-refractivity contribution in [1.29, 1.82) is 5.26 Å². The number of rotatable bonds is 3. The van der Waals surface area contributed by atoms with E-state index >= 15 is 0 Å². The third kappa shape index (κ3) is 4.29. The number of hydrogen-bond donors (Lipinski definition) is 1. The Morgan fingerprint density at radius 2 is 1.91 bits per heavy atom. The lowest BCUT2D eigenvalue weighted by atomic mass is 9.70. The largest absolute Gasteiger partial charge is 0.417 e. The van der Waals surface area contributed by atoms with Gasteiger partial charge in [0.1, 0.15) is 0 Å². The van der Waals surface area contributed by atoms with Crippen LogP contribution in [0.3, 0.4) is 0 Å². The van der Waals surface area contributed by atoms with Crippen LogP contribution in [0.2, 0.25) is 0 Å². The quantitative estimate of drug-likeness (QED) is 0.730. The van der Waals surface area contributed by atoms with E-state index < -0.39 is 34.5 Å². The van der Waals surface area contributed by atoms with Crippen molar-refractivity contribution in [3.05, 3.63) is 51.2 Å². The number of halogens is 3. The number of hydrogen-bond acceptors (Lipinski definition) is 5. The molecule has 0 radical (unpaired) electrons. The van der Waals surface area contributed by atoms with Gasteiger partial charge >= 0.3 is 6.18 Å². The van der Waals surface area contributed by atoms with Crippen LogP contribution in [0.5, 0.6) is 0 Å². The highest BCUT2D eigenvalue weighted by molar-refractivity contribution is 7.13. The number of nitriles is 1. The van der Waals surface area contributed by atoms with E-state index in [1.54, 1.807) is 17.0 Å². The maximum absolute atomic E-state index is 13.4. The van der Waals surface area contributed by atoms with Crippen molar-refractivity contribution >= 4 is 28.8 Å². The maximum atomic E-state index is 13.4. The van der Waals surface area contributed by atoms with E-state index in [0.29, 0.717) is 43.0 Å². The monoisotopic (exact) mass is 476 g/mol. The predicted molar refractivity (Wildman–Crippen MR) is 118 cm³/mol. The van der Waals surface area contributed by atoms with Crippen molar-refractivity contribution in [2.45, 2.75) is 25.9 Å². The number of anilines is 1. The SMILES string of the molecule is Cc1ccc(C(=O)N2CC(C(N)=O)C3(CCN(c4ccc(C#N)c(C(F)(F)F)c4)CC3)C2)s1. The first-order chi connectivity index (χ1) is 15.5. The van der Waals surface area contributed by atoms with Crippen molar-refractivity contribution in [2.24, 2.45) is 17.1 Å². The summed E-state index contributed by atoms with van der Waals surface area (Å²) in [5.74, 6) is -1.09. The van der Waals surface area contributed by atoms with E-state index in [1.165, 1.54) is 23.5 Å². The molecule has 10 heteroatoms. The predicted octanol–water partition coefficient (Wildman–Crippen LogP) is 3.79. The zero-order valence-corrected chi connectivity index (χ0v) is 18.8. The Bertz CT molecular complexity index is 1130. The number of nitrogens with two attached hydrogens (primary N) is 1. The van der Waals surface area contributed by atoms with Gasteiger partial charge in [-0.15, -0.1) is 11.3 Å². The van der Waals surface area contributed by atoms with Crippen molar-refractivity contribution < 1.29 is 22.8 Å². The number of piperidine rings is 1. The van der Waals surface area contributed by atoms with Gasteiger partial charge in [-0.2, -0.15) is 18.4 Å².